The van der Waals surface area contributed by atoms with E-state index in [0.717, 1.165) is 25.7 Å². The van der Waals surface area contributed by atoms with Crippen LogP contribution in [0.3, 0.4) is 0 Å². The van der Waals surface area contributed by atoms with Crippen molar-refractivity contribution in [3.63, 3.8) is 0 Å². The minimum atomic E-state index is -0.478. The molecule has 7 heteroatoms. The molecule has 1 heterocycles. The zero-order valence-corrected chi connectivity index (χ0v) is 31.4. The number of allylic oxidation sites excluding steroid dienone is 1. The summed E-state index contributed by atoms with van der Waals surface area (Å²) in [6.45, 7) is 13.2. The first-order chi connectivity index (χ1) is 11.7. The maximum atomic E-state index is 11.9. The Labute approximate surface area is 277 Å². The van der Waals surface area contributed by atoms with E-state index in [9.17, 15) is 15.0 Å². The van der Waals surface area contributed by atoms with E-state index < -0.39 is 11.5 Å². The Morgan fingerprint density at radius 3 is 2.50 bits per heavy atom. The summed E-state index contributed by atoms with van der Waals surface area (Å²) >= 11 is 0. The van der Waals surface area contributed by atoms with E-state index in [-0.39, 0.29) is 168 Å². The maximum absolute atomic E-state index is 11.9. The number of esters is 1. The molecule has 149 valence electrons. The Bertz CT molecular complexity index is 608. The van der Waals surface area contributed by atoms with E-state index in [0.29, 0.717) is 18.6 Å². The van der Waals surface area contributed by atoms with Gasteiger partial charge in [-0.2, -0.15) is 0 Å². The van der Waals surface area contributed by atoms with Gasteiger partial charge in [0.2, 0.25) is 0 Å². The number of carbonyl (C=O) groups is 1. The second kappa shape index (κ2) is 12.6. The minimum Gasteiger partial charge on any atom is -0.458 e. The third-order valence-corrected chi connectivity index (χ3v) is 7.41. The van der Waals surface area contributed by atoms with Gasteiger partial charge in [0.15, 0.2) is 0 Å². The average Bonchev–Trinajstić information content (AvgIpc) is 3.01. The van der Waals surface area contributed by atoms with Gasteiger partial charge in [-0.1, -0.05) is 32.4 Å². The van der Waals surface area contributed by atoms with Crippen LogP contribution in [0, 0.1) is 168 Å². The average molecular weight is 1030 g/mol. The van der Waals surface area contributed by atoms with Gasteiger partial charge >= 0.3 is 5.97 Å². The van der Waals surface area contributed by atoms with Crippen molar-refractivity contribution in [3.05, 3.63) is 30.7 Å². The summed E-state index contributed by atoms with van der Waals surface area (Å²) in [6, 6.07) is 0. The Kier molecular flexibility index (Phi) is 14.0. The first kappa shape index (κ1) is 31.2. The predicted molar refractivity (Wildman–Crippen MR) is 96.4 cm³/mol. The maximum Gasteiger partial charge on any atom is 0.331 e. The second-order valence-corrected chi connectivity index (χ2v) is 8.72. The normalized spacial score (nSPS) is 38.0. The van der Waals surface area contributed by atoms with Crippen LogP contribution in [-0.4, -0.2) is 35.5 Å². The van der Waals surface area contributed by atoms with Crippen LogP contribution >= 0.6 is 0 Å². The zero-order valence-electron chi connectivity index (χ0n) is 17.2. The van der Waals surface area contributed by atoms with E-state index in [1.807, 2.05) is 13.0 Å². The molecule has 3 radical (unpaired) electrons. The molecule has 0 aromatic carbocycles. The Morgan fingerprint density at radius 2 is 1.96 bits per heavy atom. The molecular formula is C21H31Ac3O4-. The van der Waals surface area contributed by atoms with Crippen LogP contribution in [0.5, 0.6) is 0 Å². The molecule has 2 fully saturated rings. The number of ether oxygens (including phenoxy) is 1. The summed E-state index contributed by atoms with van der Waals surface area (Å²) in [4.78, 5) is 11.9. The second-order valence-electron chi connectivity index (χ2n) is 8.72. The molecule has 6 atom stereocenters. The molecule has 3 aliphatic rings. The summed E-state index contributed by atoms with van der Waals surface area (Å²) < 4.78 is 5.04. The predicted octanol–water partition coefficient (Wildman–Crippen LogP) is 3.05. The van der Waals surface area contributed by atoms with Crippen LogP contribution in [0.1, 0.15) is 46.0 Å². The zero-order chi connectivity index (χ0) is 18.4. The van der Waals surface area contributed by atoms with Crippen molar-refractivity contribution in [2.24, 2.45) is 28.6 Å². The largest absolute Gasteiger partial charge is 0.458 e. The minimum absolute atomic E-state index is 0. The molecule has 0 aromatic rings. The Hall–Kier alpha value is 3.19. The van der Waals surface area contributed by atoms with Crippen molar-refractivity contribution in [1.82, 2.24) is 0 Å². The van der Waals surface area contributed by atoms with E-state index in [2.05, 4.69) is 20.4 Å². The Balaban J connectivity index is 0.00000243. The van der Waals surface area contributed by atoms with Gasteiger partial charge in [0.25, 0.3) is 0 Å². The van der Waals surface area contributed by atoms with Crippen molar-refractivity contribution in [1.29, 1.82) is 0 Å². The standard InChI is InChI=1S/C21H31O4.3Ac/c1-13-5-6-17-20(3,9-7-18(23)21(17,4)12-22)16(13)11-14(2)15-8-10-25-19(15)24;;;/h8,14,16-18,22-23H,1-2,5-7,9-12H2,3-4H3;;;/q-1;;;/t14?,16-,17?,18?,20+,21-;;;/m0.../s1. The molecule has 4 nitrogen and oxygen atoms in total. The topological polar surface area (TPSA) is 66.8 Å². The van der Waals surface area contributed by atoms with Crippen molar-refractivity contribution < 1.29 is 152 Å². The molecule has 2 saturated carbocycles. The fourth-order valence-corrected chi connectivity index (χ4v) is 5.75. The first-order valence-corrected chi connectivity index (χ1v) is 9.41. The summed E-state index contributed by atoms with van der Waals surface area (Å²) in [7, 11) is 0. The molecule has 3 unspecified atom stereocenters. The van der Waals surface area contributed by atoms with Crippen LogP contribution in [-0.2, 0) is 9.53 Å². The number of aliphatic hydroxyl groups is 2. The van der Waals surface area contributed by atoms with Gasteiger partial charge < -0.3 is 21.9 Å². The van der Waals surface area contributed by atoms with Gasteiger partial charge in [-0.15, -0.1) is 5.92 Å². The van der Waals surface area contributed by atoms with Crippen LogP contribution in [0.4, 0.5) is 0 Å². The molecule has 28 heavy (non-hydrogen) atoms. The SMILES string of the molecule is C=C1CCC2[C@](C)(CO)C(O)CC[C@]2(C)[C@H]1CC([CH2-])C1=CCOC1=O.[Ac].[Ac].[Ac]. The van der Waals surface area contributed by atoms with E-state index in [1.54, 1.807) is 0 Å². The van der Waals surface area contributed by atoms with Crippen LogP contribution in [0.2, 0.25) is 0 Å². The van der Waals surface area contributed by atoms with Gasteiger partial charge in [-0.3, -0.25) is 0 Å². The number of rotatable bonds is 4. The fraction of sp³-hybridized carbons (Fsp3) is 0.714. The van der Waals surface area contributed by atoms with Crippen molar-refractivity contribution in [3.8, 4) is 0 Å². The van der Waals surface area contributed by atoms with Crippen LogP contribution in [0.25, 0.3) is 0 Å². The summed E-state index contributed by atoms with van der Waals surface area (Å²) in [6.07, 6.45) is 5.61. The molecule has 0 saturated heterocycles. The molecule has 0 amide bonds. The number of fused-ring (bicyclic) bond motifs is 1. The molecular weight excluding hydrogens is 997 g/mol. The smallest absolute Gasteiger partial charge is 0.331 e. The fourth-order valence-electron chi connectivity index (χ4n) is 5.75. The number of hydrogen-bond acceptors (Lipinski definition) is 4. The van der Waals surface area contributed by atoms with Crippen molar-refractivity contribution in [2.75, 3.05) is 13.2 Å². The van der Waals surface area contributed by atoms with Gasteiger partial charge in [0, 0.05) is 143 Å². The number of cyclic esters (lactones) is 1. The number of aliphatic hydroxyl groups excluding tert-OH is 2. The summed E-state index contributed by atoms with van der Waals surface area (Å²) in [5, 5.41) is 20.6. The molecule has 0 spiro atoms. The van der Waals surface area contributed by atoms with Crippen molar-refractivity contribution in [2.45, 2.75) is 52.1 Å². The van der Waals surface area contributed by atoms with Crippen molar-refractivity contribution >= 4 is 5.97 Å². The van der Waals surface area contributed by atoms with E-state index >= 15 is 0 Å². The first-order valence-electron chi connectivity index (χ1n) is 9.41. The molecule has 1 aliphatic heterocycles. The van der Waals surface area contributed by atoms with E-state index in [4.69, 9.17) is 4.74 Å². The summed E-state index contributed by atoms with van der Waals surface area (Å²) in [5.74, 6) is 0.115. The molecule has 3 rings (SSSR count). The van der Waals surface area contributed by atoms with E-state index in [1.165, 1.54) is 5.57 Å². The monoisotopic (exact) mass is 1030 g/mol. The van der Waals surface area contributed by atoms with Gasteiger partial charge in [0.1, 0.15) is 6.61 Å². The third kappa shape index (κ3) is 5.81. The van der Waals surface area contributed by atoms with Crippen LogP contribution in [0.15, 0.2) is 23.8 Å². The van der Waals surface area contributed by atoms with Gasteiger partial charge in [-0.05, 0) is 49.0 Å². The number of hydrogen-bond donors (Lipinski definition) is 2. The molecule has 2 aliphatic carbocycles. The Morgan fingerprint density at radius 1 is 1.32 bits per heavy atom. The number of carbonyl (C=O) groups excluding carboxylic acids is 1. The molecule has 0 aromatic heterocycles. The van der Waals surface area contributed by atoms with Crippen LogP contribution < -0.4 is 0 Å². The van der Waals surface area contributed by atoms with Gasteiger partial charge in [0.05, 0.1) is 12.7 Å². The third-order valence-electron chi connectivity index (χ3n) is 7.41. The summed E-state index contributed by atoms with van der Waals surface area (Å²) in [5.41, 5.74) is 1.38. The quantitative estimate of drug-likeness (QED) is 0.259. The molecule has 0 bridgehead atoms. The molecule has 2 N–H and O–H groups in total. The van der Waals surface area contributed by atoms with Gasteiger partial charge in [-0.25, -0.2) is 4.79 Å².